The zero-order valence-electron chi connectivity index (χ0n) is 17.9. The van der Waals surface area contributed by atoms with Gasteiger partial charge in [-0.25, -0.2) is 4.79 Å². The second-order valence-electron chi connectivity index (χ2n) is 10.1. The first-order chi connectivity index (χ1) is 13.0. The number of esters is 1. The van der Waals surface area contributed by atoms with Gasteiger partial charge >= 0.3 is 5.97 Å². The Morgan fingerprint density at radius 1 is 1.21 bits per heavy atom. The van der Waals surface area contributed by atoms with E-state index in [4.69, 9.17) is 9.47 Å². The van der Waals surface area contributed by atoms with Gasteiger partial charge in [-0.1, -0.05) is 27.2 Å². The molecule has 0 saturated heterocycles. The summed E-state index contributed by atoms with van der Waals surface area (Å²) in [6, 6.07) is 1.86. The molecule has 0 amide bonds. The molecule has 4 rings (SSSR count). The number of aryl methyl sites for hydroxylation is 1. The highest BCUT2D eigenvalue weighted by molar-refractivity contribution is 5.96. The first kappa shape index (κ1) is 19.4. The van der Waals surface area contributed by atoms with E-state index in [0.29, 0.717) is 28.2 Å². The number of carbonyl (C=O) groups is 1. The van der Waals surface area contributed by atoms with E-state index in [2.05, 4.69) is 33.8 Å². The Balaban J connectivity index is 1.91. The van der Waals surface area contributed by atoms with Crippen molar-refractivity contribution in [3.05, 3.63) is 28.3 Å². The Morgan fingerprint density at radius 2 is 1.93 bits per heavy atom. The second-order valence-corrected chi connectivity index (χ2v) is 10.1. The summed E-state index contributed by atoms with van der Waals surface area (Å²) in [6.45, 7) is 11.2. The predicted octanol–water partition coefficient (Wildman–Crippen LogP) is 5.65. The summed E-state index contributed by atoms with van der Waals surface area (Å²) < 4.78 is 11.4. The molecule has 1 aromatic carbocycles. The summed E-state index contributed by atoms with van der Waals surface area (Å²) in [5, 5.41) is 10.9. The Bertz CT molecular complexity index is 881. The average molecular weight is 385 g/mol. The van der Waals surface area contributed by atoms with Crippen LogP contribution in [0.3, 0.4) is 0 Å². The minimum Gasteiger partial charge on any atom is -0.506 e. The fourth-order valence-electron chi connectivity index (χ4n) is 6.49. The molecule has 4 nitrogen and oxygen atoms in total. The van der Waals surface area contributed by atoms with E-state index in [-0.39, 0.29) is 22.3 Å². The molecule has 2 fully saturated rings. The molecule has 152 valence electrons. The van der Waals surface area contributed by atoms with Crippen LogP contribution in [0.4, 0.5) is 0 Å². The molecule has 0 radical (unpaired) electrons. The largest absolute Gasteiger partial charge is 0.506 e. The molecule has 1 heterocycles. The summed E-state index contributed by atoms with van der Waals surface area (Å²) >= 11 is 0. The van der Waals surface area contributed by atoms with E-state index in [9.17, 15) is 9.90 Å². The molecule has 3 atom stereocenters. The van der Waals surface area contributed by atoms with Crippen LogP contribution in [0.5, 0.6) is 11.5 Å². The number of hydrogen-bond acceptors (Lipinski definition) is 4. The van der Waals surface area contributed by atoms with E-state index in [1.54, 1.807) is 6.92 Å². The maximum atomic E-state index is 12.2. The molecule has 1 N–H and O–H groups in total. The van der Waals surface area contributed by atoms with Gasteiger partial charge in [-0.3, -0.25) is 0 Å². The third-order valence-electron chi connectivity index (χ3n) is 7.84. The van der Waals surface area contributed by atoms with Crippen molar-refractivity contribution in [3.8, 4) is 11.5 Å². The van der Waals surface area contributed by atoms with Crippen LogP contribution in [0.25, 0.3) is 6.08 Å². The molecule has 0 aromatic heterocycles. The lowest BCUT2D eigenvalue weighted by Gasteiger charge is -2.60. The number of ether oxygens (including phenoxy) is 2. The van der Waals surface area contributed by atoms with Crippen molar-refractivity contribution < 1.29 is 19.4 Å². The number of methoxy groups -OCH3 is 1. The van der Waals surface area contributed by atoms with Gasteiger partial charge in [-0.05, 0) is 79.6 Å². The first-order valence-electron chi connectivity index (χ1n) is 10.4. The monoisotopic (exact) mass is 384 g/mol. The van der Waals surface area contributed by atoms with Crippen LogP contribution in [0.2, 0.25) is 0 Å². The van der Waals surface area contributed by atoms with Gasteiger partial charge < -0.3 is 14.6 Å². The van der Waals surface area contributed by atoms with Crippen molar-refractivity contribution in [2.75, 3.05) is 7.11 Å². The highest BCUT2D eigenvalue weighted by Crippen LogP contribution is 2.64. The molecular formula is C24H32O4. The first-order valence-corrected chi connectivity index (χ1v) is 10.4. The quantitative estimate of drug-likeness (QED) is 0.636. The highest BCUT2D eigenvalue weighted by atomic mass is 16.5. The predicted molar refractivity (Wildman–Crippen MR) is 110 cm³/mol. The number of carbonyl (C=O) groups excluding carboxylic acids is 1. The molecular weight excluding hydrogens is 352 g/mol. The van der Waals surface area contributed by atoms with Crippen molar-refractivity contribution in [2.45, 2.75) is 72.3 Å². The molecule has 1 aromatic rings. The minimum atomic E-state index is -0.518. The van der Waals surface area contributed by atoms with Gasteiger partial charge in [0.25, 0.3) is 0 Å². The Hall–Kier alpha value is -1.97. The van der Waals surface area contributed by atoms with Gasteiger partial charge in [-0.15, -0.1) is 0 Å². The summed E-state index contributed by atoms with van der Waals surface area (Å²) in [7, 11) is 1.34. The number of rotatable bonds is 1. The number of phenols is 1. The zero-order chi connectivity index (χ0) is 20.5. The van der Waals surface area contributed by atoms with E-state index in [0.717, 1.165) is 19.3 Å². The average Bonchev–Trinajstić information content (AvgIpc) is 2.59. The molecule has 0 spiro atoms. The summed E-state index contributed by atoms with van der Waals surface area (Å²) in [5.41, 5.74) is 2.75. The van der Waals surface area contributed by atoms with Crippen molar-refractivity contribution in [3.63, 3.8) is 0 Å². The molecule has 0 bridgehead atoms. The minimum absolute atomic E-state index is 0.0304. The molecule has 4 heteroatoms. The Labute approximate surface area is 167 Å². The number of phenolic OH excluding ortho intramolecular Hbond substituents is 1. The molecule has 1 aliphatic heterocycles. The number of hydrogen-bond donors (Lipinski definition) is 1. The van der Waals surface area contributed by atoms with Gasteiger partial charge in [0.05, 0.1) is 12.7 Å². The van der Waals surface area contributed by atoms with Gasteiger partial charge in [0.1, 0.15) is 22.7 Å². The second kappa shape index (κ2) is 6.01. The summed E-state index contributed by atoms with van der Waals surface area (Å²) in [4.78, 5) is 12.2. The van der Waals surface area contributed by atoms with E-state index >= 15 is 0 Å². The third kappa shape index (κ3) is 2.53. The fraction of sp³-hybridized carbons (Fsp3) is 0.625. The number of fused-ring (bicyclic) bond motifs is 4. The molecule has 2 saturated carbocycles. The van der Waals surface area contributed by atoms with Crippen LogP contribution >= 0.6 is 0 Å². The van der Waals surface area contributed by atoms with Gasteiger partial charge in [0, 0.05) is 0 Å². The summed E-state index contributed by atoms with van der Waals surface area (Å²) in [6.07, 6.45) is 7.84. The van der Waals surface area contributed by atoms with Crippen molar-refractivity contribution in [1.29, 1.82) is 0 Å². The molecule has 2 aliphatic carbocycles. The SMILES string of the molecule is COC(=O)c1c(C)cc2c(c1O)C=C1[C@]3(C)CCCC(C)(C)[C@H]3CC[C@]1(C)O2. The molecule has 0 unspecified atom stereocenters. The lowest BCUT2D eigenvalue weighted by molar-refractivity contribution is -0.0517. The van der Waals surface area contributed by atoms with E-state index < -0.39 is 5.97 Å². The van der Waals surface area contributed by atoms with E-state index in [1.165, 1.54) is 25.5 Å². The van der Waals surface area contributed by atoms with Gasteiger partial charge in [0.15, 0.2) is 0 Å². The lowest BCUT2D eigenvalue weighted by Crippen LogP contribution is -2.55. The Kier molecular flexibility index (Phi) is 4.16. The molecule has 3 aliphatic rings. The number of benzene rings is 1. The van der Waals surface area contributed by atoms with Crippen molar-refractivity contribution in [1.82, 2.24) is 0 Å². The third-order valence-corrected chi connectivity index (χ3v) is 7.84. The number of aromatic hydroxyl groups is 1. The normalized spacial score (nSPS) is 32.9. The highest BCUT2D eigenvalue weighted by Gasteiger charge is 2.57. The van der Waals surface area contributed by atoms with Crippen LogP contribution in [-0.2, 0) is 4.74 Å². The van der Waals surface area contributed by atoms with Crippen LogP contribution in [0.1, 0.15) is 81.3 Å². The van der Waals surface area contributed by atoms with Gasteiger partial charge in [0.2, 0.25) is 0 Å². The Morgan fingerprint density at radius 3 is 2.61 bits per heavy atom. The summed E-state index contributed by atoms with van der Waals surface area (Å²) in [5.74, 6) is 0.699. The maximum absolute atomic E-state index is 12.2. The standard InChI is InChI=1S/C24H32O4/c1-14-12-16-15(20(25)19(14)21(26)27-6)13-18-23(4)10-7-9-22(2,3)17(23)8-11-24(18,5)28-16/h12-13,17,25H,7-11H2,1-6H3/t17-,23-,24+/m1/s1. The van der Waals surface area contributed by atoms with Crippen LogP contribution in [-0.4, -0.2) is 23.8 Å². The van der Waals surface area contributed by atoms with E-state index in [1.807, 2.05) is 6.07 Å². The van der Waals surface area contributed by atoms with Crippen molar-refractivity contribution >= 4 is 12.0 Å². The smallest absolute Gasteiger partial charge is 0.341 e. The van der Waals surface area contributed by atoms with Crippen LogP contribution in [0.15, 0.2) is 11.6 Å². The fourth-order valence-corrected chi connectivity index (χ4v) is 6.49. The van der Waals surface area contributed by atoms with Crippen molar-refractivity contribution in [2.24, 2.45) is 16.7 Å². The van der Waals surface area contributed by atoms with Crippen LogP contribution in [0, 0.1) is 23.7 Å². The maximum Gasteiger partial charge on any atom is 0.341 e. The van der Waals surface area contributed by atoms with Gasteiger partial charge in [-0.2, -0.15) is 0 Å². The molecule has 28 heavy (non-hydrogen) atoms. The lowest BCUT2D eigenvalue weighted by atomic mass is 9.47. The van der Waals surface area contributed by atoms with Crippen LogP contribution < -0.4 is 4.74 Å². The zero-order valence-corrected chi connectivity index (χ0v) is 17.9. The topological polar surface area (TPSA) is 55.8 Å².